The lowest BCUT2D eigenvalue weighted by Crippen LogP contribution is -2.12. The van der Waals surface area contributed by atoms with E-state index in [9.17, 15) is 9.18 Å². The summed E-state index contributed by atoms with van der Waals surface area (Å²) < 4.78 is 14.9. The van der Waals surface area contributed by atoms with Crippen LogP contribution in [0.15, 0.2) is 78.3 Å². The molecular weight excluding hydrogens is 361 g/mol. The zero-order valence-electron chi connectivity index (χ0n) is 14.3. The molecule has 0 radical (unpaired) electrons. The van der Waals surface area contributed by atoms with Crippen LogP contribution in [0.5, 0.6) is 0 Å². The molecule has 0 saturated carbocycles. The van der Waals surface area contributed by atoms with E-state index in [0.717, 1.165) is 10.4 Å². The maximum atomic E-state index is 13.1. The van der Waals surface area contributed by atoms with Crippen molar-refractivity contribution in [1.82, 2.24) is 9.78 Å². The molecular formula is C21H16FN3OS. The highest BCUT2D eigenvalue weighted by Crippen LogP contribution is 2.27. The zero-order chi connectivity index (χ0) is 18.6. The van der Waals surface area contributed by atoms with Gasteiger partial charge in [0, 0.05) is 11.9 Å². The molecule has 2 aromatic carbocycles. The molecule has 4 rings (SSSR count). The van der Waals surface area contributed by atoms with E-state index in [1.807, 2.05) is 47.8 Å². The minimum absolute atomic E-state index is 0.274. The third-order valence-electron chi connectivity index (χ3n) is 4.05. The number of anilines is 1. The molecule has 6 heteroatoms. The van der Waals surface area contributed by atoms with Gasteiger partial charge in [-0.15, -0.1) is 11.3 Å². The van der Waals surface area contributed by atoms with Gasteiger partial charge in [0.1, 0.15) is 11.5 Å². The number of thiophene rings is 1. The first kappa shape index (κ1) is 17.2. The predicted octanol–water partition coefficient (Wildman–Crippen LogP) is 5.05. The van der Waals surface area contributed by atoms with Gasteiger partial charge in [0.05, 0.1) is 17.0 Å². The monoisotopic (exact) mass is 377 g/mol. The summed E-state index contributed by atoms with van der Waals surface area (Å²) in [6.45, 7) is 0.572. The number of benzene rings is 2. The molecule has 0 bridgehead atoms. The van der Waals surface area contributed by atoms with Crippen molar-refractivity contribution in [3.8, 4) is 10.6 Å². The quantitative estimate of drug-likeness (QED) is 0.529. The molecule has 0 aliphatic carbocycles. The van der Waals surface area contributed by atoms with E-state index < -0.39 is 0 Å². The van der Waals surface area contributed by atoms with Crippen LogP contribution in [0.1, 0.15) is 15.9 Å². The summed E-state index contributed by atoms with van der Waals surface area (Å²) in [4.78, 5) is 13.7. The molecule has 1 N–H and O–H groups in total. The highest BCUT2D eigenvalue weighted by atomic mass is 32.1. The van der Waals surface area contributed by atoms with E-state index in [0.29, 0.717) is 23.5 Å². The van der Waals surface area contributed by atoms with Gasteiger partial charge in [-0.25, -0.2) is 4.39 Å². The van der Waals surface area contributed by atoms with Crippen molar-refractivity contribution in [2.75, 3.05) is 5.32 Å². The lowest BCUT2D eigenvalue weighted by atomic mass is 10.2. The van der Waals surface area contributed by atoms with Gasteiger partial charge in [0.15, 0.2) is 0 Å². The van der Waals surface area contributed by atoms with Gasteiger partial charge < -0.3 is 5.32 Å². The van der Waals surface area contributed by atoms with Crippen molar-refractivity contribution in [2.45, 2.75) is 6.54 Å². The summed E-state index contributed by atoms with van der Waals surface area (Å²) in [6, 6.07) is 19.5. The molecule has 0 unspecified atom stereocenters. The van der Waals surface area contributed by atoms with Crippen LogP contribution < -0.4 is 5.32 Å². The number of hydrogen-bond donors (Lipinski definition) is 1. The summed E-state index contributed by atoms with van der Waals surface area (Å²) in [6.07, 6.45) is 1.75. The average molecular weight is 377 g/mol. The van der Waals surface area contributed by atoms with E-state index in [4.69, 9.17) is 0 Å². The Morgan fingerprint density at radius 2 is 1.81 bits per heavy atom. The van der Waals surface area contributed by atoms with Crippen LogP contribution in [-0.2, 0) is 6.54 Å². The van der Waals surface area contributed by atoms with Gasteiger partial charge in [-0.1, -0.05) is 36.4 Å². The number of rotatable bonds is 5. The van der Waals surface area contributed by atoms with Crippen LogP contribution in [0, 0.1) is 5.82 Å². The SMILES string of the molecule is O=C(Nc1ccc(F)cc1)c1cn(Cc2ccccc2)nc1-c1cccs1. The van der Waals surface area contributed by atoms with Gasteiger partial charge in [0.2, 0.25) is 0 Å². The molecule has 0 spiro atoms. The van der Waals surface area contributed by atoms with E-state index in [1.54, 1.807) is 10.9 Å². The largest absolute Gasteiger partial charge is 0.322 e. The summed E-state index contributed by atoms with van der Waals surface area (Å²) >= 11 is 1.53. The van der Waals surface area contributed by atoms with Crippen LogP contribution in [0.3, 0.4) is 0 Å². The van der Waals surface area contributed by atoms with E-state index in [1.165, 1.54) is 35.6 Å². The van der Waals surface area contributed by atoms with Crippen molar-refractivity contribution >= 4 is 22.9 Å². The number of carbonyl (C=O) groups excluding carboxylic acids is 1. The van der Waals surface area contributed by atoms with Crippen molar-refractivity contribution in [3.05, 3.63) is 95.3 Å². The smallest absolute Gasteiger partial charge is 0.259 e. The Morgan fingerprint density at radius 1 is 1.04 bits per heavy atom. The lowest BCUT2D eigenvalue weighted by molar-refractivity contribution is 0.102. The summed E-state index contributed by atoms with van der Waals surface area (Å²) in [5.41, 5.74) is 2.76. The highest BCUT2D eigenvalue weighted by molar-refractivity contribution is 7.13. The third kappa shape index (κ3) is 3.96. The molecule has 4 nitrogen and oxygen atoms in total. The average Bonchev–Trinajstić information content (AvgIpc) is 3.34. The highest BCUT2D eigenvalue weighted by Gasteiger charge is 2.19. The maximum absolute atomic E-state index is 13.1. The fourth-order valence-corrected chi connectivity index (χ4v) is 3.49. The Morgan fingerprint density at radius 3 is 2.52 bits per heavy atom. The zero-order valence-corrected chi connectivity index (χ0v) is 15.1. The van der Waals surface area contributed by atoms with Crippen LogP contribution in [0.4, 0.5) is 10.1 Å². The first-order valence-corrected chi connectivity index (χ1v) is 9.29. The Bertz CT molecular complexity index is 1040. The van der Waals surface area contributed by atoms with Crippen LogP contribution >= 0.6 is 11.3 Å². The first-order valence-electron chi connectivity index (χ1n) is 8.41. The molecule has 1 amide bonds. The molecule has 4 aromatic rings. The molecule has 0 saturated heterocycles. The fraction of sp³-hybridized carbons (Fsp3) is 0.0476. The second kappa shape index (κ2) is 7.55. The van der Waals surface area contributed by atoms with Gasteiger partial charge in [-0.05, 0) is 41.3 Å². The van der Waals surface area contributed by atoms with E-state index >= 15 is 0 Å². The summed E-state index contributed by atoms with van der Waals surface area (Å²) in [5.74, 6) is -0.618. The summed E-state index contributed by atoms with van der Waals surface area (Å²) in [7, 11) is 0. The lowest BCUT2D eigenvalue weighted by Gasteiger charge is -2.04. The van der Waals surface area contributed by atoms with Gasteiger partial charge >= 0.3 is 0 Å². The Hall–Kier alpha value is -3.25. The molecule has 0 aliphatic heterocycles. The molecule has 2 aromatic heterocycles. The van der Waals surface area contributed by atoms with Crippen molar-refractivity contribution in [3.63, 3.8) is 0 Å². The Labute approximate surface area is 159 Å². The van der Waals surface area contributed by atoms with Crippen LogP contribution in [0.2, 0.25) is 0 Å². The number of halogens is 1. The second-order valence-electron chi connectivity index (χ2n) is 6.01. The minimum Gasteiger partial charge on any atom is -0.322 e. The molecule has 0 atom stereocenters. The minimum atomic E-state index is -0.344. The number of nitrogens with one attached hydrogen (secondary N) is 1. The van der Waals surface area contributed by atoms with Gasteiger partial charge in [-0.3, -0.25) is 9.48 Å². The van der Waals surface area contributed by atoms with Gasteiger partial charge in [-0.2, -0.15) is 5.10 Å². The molecule has 27 heavy (non-hydrogen) atoms. The summed E-state index contributed by atoms with van der Waals surface area (Å²) in [5, 5.41) is 9.39. The Kier molecular flexibility index (Phi) is 4.80. The molecule has 0 fully saturated rings. The molecule has 2 heterocycles. The standard InChI is InChI=1S/C21H16FN3OS/c22-16-8-10-17(11-9-16)23-21(26)18-14-25(13-15-5-2-1-3-6-15)24-20(18)19-7-4-12-27-19/h1-12,14H,13H2,(H,23,26). The van der Waals surface area contributed by atoms with Crippen LogP contribution in [-0.4, -0.2) is 15.7 Å². The number of amides is 1. The van der Waals surface area contributed by atoms with Crippen molar-refractivity contribution in [2.24, 2.45) is 0 Å². The number of aromatic nitrogens is 2. The Balaban J connectivity index is 1.65. The number of nitrogens with zero attached hydrogens (tertiary/aromatic N) is 2. The second-order valence-corrected chi connectivity index (χ2v) is 6.96. The molecule has 134 valence electrons. The number of hydrogen-bond acceptors (Lipinski definition) is 3. The van der Waals surface area contributed by atoms with Crippen molar-refractivity contribution in [1.29, 1.82) is 0 Å². The van der Waals surface area contributed by atoms with E-state index in [2.05, 4.69) is 10.4 Å². The van der Waals surface area contributed by atoms with E-state index in [-0.39, 0.29) is 11.7 Å². The normalized spacial score (nSPS) is 10.7. The predicted molar refractivity (Wildman–Crippen MR) is 105 cm³/mol. The third-order valence-corrected chi connectivity index (χ3v) is 4.93. The fourth-order valence-electron chi connectivity index (χ4n) is 2.77. The first-order chi connectivity index (χ1) is 13.2. The topological polar surface area (TPSA) is 46.9 Å². The van der Waals surface area contributed by atoms with Gasteiger partial charge in [0.25, 0.3) is 5.91 Å². The molecule has 0 aliphatic rings. The van der Waals surface area contributed by atoms with Crippen LogP contribution in [0.25, 0.3) is 10.6 Å². The van der Waals surface area contributed by atoms with Crippen molar-refractivity contribution < 1.29 is 9.18 Å². The maximum Gasteiger partial charge on any atom is 0.259 e. The number of carbonyl (C=O) groups is 1.